The first-order chi connectivity index (χ1) is 10.1. The van der Waals surface area contributed by atoms with Crippen molar-refractivity contribution in [2.75, 3.05) is 5.73 Å². The third kappa shape index (κ3) is 4.50. The lowest BCUT2D eigenvalue weighted by atomic mass is 10.1. The van der Waals surface area contributed by atoms with E-state index in [0.29, 0.717) is 17.8 Å². The van der Waals surface area contributed by atoms with Gasteiger partial charge in [-0.25, -0.2) is 0 Å². The molecular formula is C18H23ClN2O. The first-order valence-corrected chi connectivity index (χ1v) is 7.32. The van der Waals surface area contributed by atoms with Gasteiger partial charge in [0.25, 0.3) is 5.91 Å². The Labute approximate surface area is 138 Å². The van der Waals surface area contributed by atoms with Crippen LogP contribution in [0.25, 0.3) is 0 Å². The number of rotatable bonds is 5. The summed E-state index contributed by atoms with van der Waals surface area (Å²) in [5.41, 5.74) is 8.18. The maximum Gasteiger partial charge on any atom is 0.254 e. The molecule has 2 rings (SSSR count). The van der Waals surface area contributed by atoms with E-state index >= 15 is 0 Å². The van der Waals surface area contributed by atoms with Crippen LogP contribution in [0, 0.1) is 0 Å². The Morgan fingerprint density at radius 2 is 1.68 bits per heavy atom. The van der Waals surface area contributed by atoms with Crippen molar-refractivity contribution in [2.24, 2.45) is 0 Å². The number of carbonyl (C=O) groups is 1. The maximum atomic E-state index is 12.7. The molecule has 0 aliphatic rings. The fourth-order valence-electron chi connectivity index (χ4n) is 2.22. The van der Waals surface area contributed by atoms with E-state index in [2.05, 4.69) is 13.8 Å². The molecular weight excluding hydrogens is 296 g/mol. The molecule has 0 radical (unpaired) electrons. The van der Waals surface area contributed by atoms with Gasteiger partial charge in [0.1, 0.15) is 0 Å². The normalized spacial score (nSPS) is 11.4. The fourth-order valence-corrected chi connectivity index (χ4v) is 2.22. The lowest BCUT2D eigenvalue weighted by molar-refractivity contribution is 0.0671. The van der Waals surface area contributed by atoms with Gasteiger partial charge in [-0.1, -0.05) is 37.3 Å². The molecule has 4 heteroatoms. The van der Waals surface area contributed by atoms with Crippen LogP contribution >= 0.6 is 12.4 Å². The second kappa shape index (κ2) is 8.44. The number of nitrogens with zero attached hydrogens (tertiary/aromatic N) is 1. The van der Waals surface area contributed by atoms with E-state index < -0.39 is 0 Å². The van der Waals surface area contributed by atoms with Gasteiger partial charge in [0.05, 0.1) is 0 Å². The Hall–Kier alpha value is -2.00. The third-order valence-electron chi connectivity index (χ3n) is 3.74. The number of anilines is 1. The second-order valence-electron chi connectivity index (χ2n) is 5.30. The predicted octanol–water partition coefficient (Wildman–Crippen LogP) is 4.13. The van der Waals surface area contributed by atoms with Gasteiger partial charge >= 0.3 is 0 Å². The van der Waals surface area contributed by atoms with Crippen LogP contribution in [0.4, 0.5) is 5.69 Å². The van der Waals surface area contributed by atoms with Crippen molar-refractivity contribution in [2.45, 2.75) is 32.9 Å². The van der Waals surface area contributed by atoms with Gasteiger partial charge in [-0.15, -0.1) is 12.4 Å². The Bertz CT molecular complexity index is 584. The van der Waals surface area contributed by atoms with Gasteiger partial charge in [0.2, 0.25) is 0 Å². The summed E-state index contributed by atoms with van der Waals surface area (Å²) in [5, 5.41) is 0. The zero-order chi connectivity index (χ0) is 15.2. The molecule has 0 aliphatic heterocycles. The van der Waals surface area contributed by atoms with Crippen molar-refractivity contribution < 1.29 is 4.79 Å². The molecule has 2 N–H and O–H groups in total. The van der Waals surface area contributed by atoms with Gasteiger partial charge in [0, 0.05) is 23.8 Å². The Kier molecular flexibility index (Phi) is 6.93. The van der Waals surface area contributed by atoms with Crippen LogP contribution in [0.3, 0.4) is 0 Å². The highest BCUT2D eigenvalue weighted by molar-refractivity contribution is 5.94. The van der Waals surface area contributed by atoms with Crippen LogP contribution in [-0.4, -0.2) is 16.8 Å². The molecule has 0 saturated heterocycles. The quantitative estimate of drug-likeness (QED) is 0.842. The van der Waals surface area contributed by atoms with Crippen LogP contribution in [0.1, 0.15) is 36.2 Å². The SMILES string of the molecule is CCC(C)N(Cc1ccccc1)C(=O)c1ccc(N)cc1.Cl. The van der Waals surface area contributed by atoms with Gasteiger partial charge in [-0.2, -0.15) is 0 Å². The van der Waals surface area contributed by atoms with E-state index in [0.717, 1.165) is 12.0 Å². The number of carbonyl (C=O) groups excluding carboxylic acids is 1. The predicted molar refractivity (Wildman–Crippen MR) is 94.2 cm³/mol. The summed E-state index contributed by atoms with van der Waals surface area (Å²) in [4.78, 5) is 14.7. The lowest BCUT2D eigenvalue weighted by Gasteiger charge is -2.29. The van der Waals surface area contributed by atoms with Crippen LogP contribution in [0.5, 0.6) is 0 Å². The average molecular weight is 319 g/mol. The topological polar surface area (TPSA) is 46.3 Å². The minimum absolute atomic E-state index is 0. The molecule has 0 aliphatic carbocycles. The minimum Gasteiger partial charge on any atom is -0.399 e. The molecule has 0 saturated carbocycles. The van der Waals surface area contributed by atoms with Crippen LogP contribution in [-0.2, 0) is 6.54 Å². The largest absolute Gasteiger partial charge is 0.399 e. The van der Waals surface area contributed by atoms with E-state index in [1.54, 1.807) is 24.3 Å². The zero-order valence-corrected chi connectivity index (χ0v) is 13.8. The highest BCUT2D eigenvalue weighted by Crippen LogP contribution is 2.16. The molecule has 3 nitrogen and oxygen atoms in total. The van der Waals surface area contributed by atoms with E-state index in [1.807, 2.05) is 35.2 Å². The van der Waals surface area contributed by atoms with Gasteiger partial charge < -0.3 is 10.6 Å². The molecule has 22 heavy (non-hydrogen) atoms. The average Bonchev–Trinajstić information content (AvgIpc) is 2.53. The molecule has 0 aromatic heterocycles. The van der Waals surface area contributed by atoms with Crippen molar-refractivity contribution in [1.29, 1.82) is 0 Å². The number of hydrogen-bond donors (Lipinski definition) is 1. The molecule has 0 bridgehead atoms. The Morgan fingerprint density at radius 3 is 2.23 bits per heavy atom. The first-order valence-electron chi connectivity index (χ1n) is 7.32. The summed E-state index contributed by atoms with van der Waals surface area (Å²) >= 11 is 0. The molecule has 2 aromatic rings. The van der Waals surface area contributed by atoms with E-state index in [1.165, 1.54) is 0 Å². The molecule has 0 fully saturated rings. The lowest BCUT2D eigenvalue weighted by Crippen LogP contribution is -2.37. The summed E-state index contributed by atoms with van der Waals surface area (Å²) in [6.07, 6.45) is 0.924. The van der Waals surface area contributed by atoms with E-state index in [-0.39, 0.29) is 24.4 Å². The molecule has 1 amide bonds. The van der Waals surface area contributed by atoms with Crippen LogP contribution in [0.15, 0.2) is 54.6 Å². The summed E-state index contributed by atoms with van der Waals surface area (Å²) in [5.74, 6) is 0.0493. The smallest absolute Gasteiger partial charge is 0.254 e. The Morgan fingerprint density at radius 1 is 1.09 bits per heavy atom. The summed E-state index contributed by atoms with van der Waals surface area (Å²) in [6, 6.07) is 17.4. The van der Waals surface area contributed by atoms with Crippen LogP contribution < -0.4 is 5.73 Å². The molecule has 0 heterocycles. The van der Waals surface area contributed by atoms with Crippen molar-refractivity contribution in [3.05, 3.63) is 65.7 Å². The molecule has 2 aromatic carbocycles. The number of benzene rings is 2. The molecule has 0 spiro atoms. The number of hydrogen-bond acceptors (Lipinski definition) is 2. The molecule has 1 atom stereocenters. The molecule has 1 unspecified atom stereocenters. The highest BCUT2D eigenvalue weighted by atomic mass is 35.5. The summed E-state index contributed by atoms with van der Waals surface area (Å²) in [6.45, 7) is 4.80. The van der Waals surface area contributed by atoms with Crippen molar-refractivity contribution in [3.63, 3.8) is 0 Å². The number of halogens is 1. The number of amides is 1. The zero-order valence-electron chi connectivity index (χ0n) is 13.0. The Balaban J connectivity index is 0.00000242. The van der Waals surface area contributed by atoms with E-state index in [4.69, 9.17) is 5.73 Å². The highest BCUT2D eigenvalue weighted by Gasteiger charge is 2.20. The summed E-state index contributed by atoms with van der Waals surface area (Å²) < 4.78 is 0. The molecule has 118 valence electrons. The fraction of sp³-hybridized carbons (Fsp3) is 0.278. The minimum atomic E-state index is 0. The standard InChI is InChI=1S/C18H22N2O.ClH/c1-3-14(2)20(13-15-7-5-4-6-8-15)18(21)16-9-11-17(19)12-10-16;/h4-12,14H,3,13,19H2,1-2H3;1H. The van der Waals surface area contributed by atoms with Gasteiger partial charge in [-0.05, 0) is 43.2 Å². The van der Waals surface area contributed by atoms with Gasteiger partial charge in [0.15, 0.2) is 0 Å². The third-order valence-corrected chi connectivity index (χ3v) is 3.74. The van der Waals surface area contributed by atoms with Crippen LogP contribution in [0.2, 0.25) is 0 Å². The van der Waals surface area contributed by atoms with Crippen molar-refractivity contribution in [1.82, 2.24) is 4.90 Å². The second-order valence-corrected chi connectivity index (χ2v) is 5.30. The maximum absolute atomic E-state index is 12.7. The summed E-state index contributed by atoms with van der Waals surface area (Å²) in [7, 11) is 0. The first kappa shape index (κ1) is 18.1. The van der Waals surface area contributed by atoms with Crippen molar-refractivity contribution >= 4 is 24.0 Å². The number of nitrogen functional groups attached to an aromatic ring is 1. The van der Waals surface area contributed by atoms with Crippen molar-refractivity contribution in [3.8, 4) is 0 Å². The monoisotopic (exact) mass is 318 g/mol. The van der Waals surface area contributed by atoms with E-state index in [9.17, 15) is 4.79 Å². The van der Waals surface area contributed by atoms with Gasteiger partial charge in [-0.3, -0.25) is 4.79 Å². The number of nitrogens with two attached hydrogens (primary N) is 1.